The maximum atomic E-state index is 12.3. The number of carbonyl (C=O) groups excluding carboxylic acids is 2. The Balaban J connectivity index is 1.95. The van der Waals surface area contributed by atoms with Gasteiger partial charge >= 0.3 is 6.03 Å². The standard InChI is InChI=1S/C13H13BrN2O2/c14-9-4-6-10(7-5-9)16-12(17)11-3-1-2-8-15(11)13(16)18/h4-7,11H,1-3,8H2. The SMILES string of the molecule is O=C1C2CCCCN2C(=O)N1c1ccc(Br)cc1. The van der Waals surface area contributed by atoms with E-state index in [4.69, 9.17) is 0 Å². The monoisotopic (exact) mass is 308 g/mol. The molecular weight excluding hydrogens is 296 g/mol. The minimum absolute atomic E-state index is 0.0815. The lowest BCUT2D eigenvalue weighted by atomic mass is 10.0. The maximum Gasteiger partial charge on any atom is 0.332 e. The molecule has 0 radical (unpaired) electrons. The average molecular weight is 309 g/mol. The second-order valence-electron chi connectivity index (χ2n) is 4.64. The van der Waals surface area contributed by atoms with E-state index < -0.39 is 0 Å². The number of fused-ring (bicyclic) bond motifs is 1. The number of amides is 3. The lowest BCUT2D eigenvalue weighted by Crippen LogP contribution is -2.39. The van der Waals surface area contributed by atoms with Crippen LogP contribution in [0, 0.1) is 0 Å². The van der Waals surface area contributed by atoms with Crippen molar-refractivity contribution in [3.8, 4) is 0 Å². The van der Waals surface area contributed by atoms with Gasteiger partial charge in [0.1, 0.15) is 6.04 Å². The highest BCUT2D eigenvalue weighted by atomic mass is 79.9. The Bertz CT molecular complexity index is 476. The van der Waals surface area contributed by atoms with Crippen molar-refractivity contribution < 1.29 is 9.59 Å². The number of urea groups is 1. The van der Waals surface area contributed by atoms with E-state index in [0.717, 1.165) is 23.7 Å². The molecule has 3 amide bonds. The third-order valence-electron chi connectivity index (χ3n) is 3.53. The average Bonchev–Trinajstić information content (AvgIpc) is 2.64. The van der Waals surface area contributed by atoms with Gasteiger partial charge in [0.05, 0.1) is 5.69 Å². The molecule has 0 aromatic heterocycles. The number of imide groups is 1. The van der Waals surface area contributed by atoms with Gasteiger partial charge in [-0.3, -0.25) is 4.79 Å². The molecule has 1 aromatic carbocycles. The van der Waals surface area contributed by atoms with Crippen molar-refractivity contribution in [1.82, 2.24) is 4.90 Å². The number of piperidine rings is 1. The Kier molecular flexibility index (Phi) is 2.86. The molecule has 1 unspecified atom stereocenters. The van der Waals surface area contributed by atoms with E-state index in [1.807, 2.05) is 12.1 Å². The summed E-state index contributed by atoms with van der Waals surface area (Å²) < 4.78 is 0.933. The van der Waals surface area contributed by atoms with Gasteiger partial charge in [0.25, 0.3) is 5.91 Å². The molecule has 0 aliphatic carbocycles. The Morgan fingerprint density at radius 3 is 2.50 bits per heavy atom. The van der Waals surface area contributed by atoms with E-state index in [1.54, 1.807) is 17.0 Å². The van der Waals surface area contributed by atoms with Gasteiger partial charge in [0.2, 0.25) is 0 Å². The lowest BCUT2D eigenvalue weighted by Gasteiger charge is -2.25. The van der Waals surface area contributed by atoms with Crippen molar-refractivity contribution in [2.75, 3.05) is 11.4 Å². The summed E-state index contributed by atoms with van der Waals surface area (Å²) in [5.41, 5.74) is 0.655. The van der Waals surface area contributed by atoms with E-state index in [1.165, 1.54) is 4.90 Å². The van der Waals surface area contributed by atoms with Crippen molar-refractivity contribution in [3.05, 3.63) is 28.7 Å². The molecule has 2 aliphatic rings. The summed E-state index contributed by atoms with van der Waals surface area (Å²) in [5.74, 6) is -0.0815. The lowest BCUT2D eigenvalue weighted by molar-refractivity contribution is -0.120. The van der Waals surface area contributed by atoms with Crippen LogP contribution in [0.3, 0.4) is 0 Å². The Labute approximate surface area is 114 Å². The van der Waals surface area contributed by atoms with Crippen LogP contribution in [0.25, 0.3) is 0 Å². The summed E-state index contributed by atoms with van der Waals surface area (Å²) in [6.45, 7) is 0.697. The zero-order valence-corrected chi connectivity index (χ0v) is 11.4. The van der Waals surface area contributed by atoms with Crippen LogP contribution < -0.4 is 4.90 Å². The van der Waals surface area contributed by atoms with Gasteiger partial charge in [-0.15, -0.1) is 0 Å². The second-order valence-corrected chi connectivity index (χ2v) is 5.55. The molecule has 0 saturated carbocycles. The van der Waals surface area contributed by atoms with Gasteiger partial charge < -0.3 is 4.90 Å². The van der Waals surface area contributed by atoms with Gasteiger partial charge in [-0.2, -0.15) is 0 Å². The molecule has 5 heteroatoms. The third-order valence-corrected chi connectivity index (χ3v) is 4.06. The zero-order valence-electron chi connectivity index (χ0n) is 9.80. The highest BCUT2D eigenvalue weighted by Crippen LogP contribution is 2.31. The number of hydrogen-bond acceptors (Lipinski definition) is 2. The van der Waals surface area contributed by atoms with Crippen LogP contribution in [0.2, 0.25) is 0 Å². The number of nitrogens with zero attached hydrogens (tertiary/aromatic N) is 2. The fourth-order valence-electron chi connectivity index (χ4n) is 2.62. The van der Waals surface area contributed by atoms with Crippen LogP contribution in [0.5, 0.6) is 0 Å². The first-order valence-corrected chi connectivity index (χ1v) is 6.88. The van der Waals surface area contributed by atoms with Crippen LogP contribution in [0.1, 0.15) is 19.3 Å². The van der Waals surface area contributed by atoms with Crippen molar-refractivity contribution >= 4 is 33.6 Å². The van der Waals surface area contributed by atoms with Gasteiger partial charge in [0, 0.05) is 11.0 Å². The summed E-state index contributed by atoms with van der Waals surface area (Å²) in [6.07, 6.45) is 2.80. The first kappa shape index (κ1) is 11.7. The van der Waals surface area contributed by atoms with Crippen LogP contribution in [-0.4, -0.2) is 29.4 Å². The first-order chi connectivity index (χ1) is 8.68. The molecule has 94 valence electrons. The van der Waals surface area contributed by atoms with E-state index in [2.05, 4.69) is 15.9 Å². The van der Waals surface area contributed by atoms with Gasteiger partial charge in [-0.1, -0.05) is 15.9 Å². The predicted molar refractivity (Wildman–Crippen MR) is 71.4 cm³/mol. The Morgan fingerprint density at radius 1 is 1.11 bits per heavy atom. The molecule has 0 bridgehead atoms. The molecule has 18 heavy (non-hydrogen) atoms. The van der Waals surface area contributed by atoms with Gasteiger partial charge in [0.15, 0.2) is 0 Å². The minimum Gasteiger partial charge on any atom is -0.312 e. The number of benzene rings is 1. The summed E-state index contributed by atoms with van der Waals surface area (Å²) in [6, 6.07) is 6.85. The first-order valence-electron chi connectivity index (χ1n) is 6.08. The molecule has 1 atom stereocenters. The van der Waals surface area contributed by atoms with Crippen molar-refractivity contribution in [1.29, 1.82) is 0 Å². The molecule has 0 spiro atoms. The largest absolute Gasteiger partial charge is 0.332 e. The predicted octanol–water partition coefficient (Wildman–Crippen LogP) is 2.77. The fourth-order valence-corrected chi connectivity index (χ4v) is 2.88. The summed E-state index contributed by atoms with van der Waals surface area (Å²) >= 11 is 3.35. The second kappa shape index (κ2) is 4.39. The van der Waals surface area contributed by atoms with Crippen LogP contribution in [0.4, 0.5) is 10.5 Å². The van der Waals surface area contributed by atoms with Crippen LogP contribution >= 0.6 is 15.9 Å². The number of carbonyl (C=O) groups is 2. The normalized spacial score (nSPS) is 23.5. The molecule has 2 heterocycles. The highest BCUT2D eigenvalue weighted by molar-refractivity contribution is 9.10. The Hall–Kier alpha value is -1.36. The topological polar surface area (TPSA) is 40.6 Å². The fraction of sp³-hybridized carbons (Fsp3) is 0.385. The molecule has 2 saturated heterocycles. The van der Waals surface area contributed by atoms with Crippen molar-refractivity contribution in [2.45, 2.75) is 25.3 Å². The van der Waals surface area contributed by atoms with E-state index in [-0.39, 0.29) is 18.0 Å². The van der Waals surface area contributed by atoms with Crippen LogP contribution in [-0.2, 0) is 4.79 Å². The van der Waals surface area contributed by atoms with Crippen molar-refractivity contribution in [3.63, 3.8) is 0 Å². The Morgan fingerprint density at radius 2 is 1.83 bits per heavy atom. The highest BCUT2D eigenvalue weighted by Gasteiger charge is 2.46. The van der Waals surface area contributed by atoms with Crippen LogP contribution in [0.15, 0.2) is 28.7 Å². The molecular formula is C13H13BrN2O2. The number of halogens is 1. The molecule has 3 rings (SSSR count). The smallest absolute Gasteiger partial charge is 0.312 e. The number of rotatable bonds is 1. The minimum atomic E-state index is -0.241. The van der Waals surface area contributed by atoms with E-state index >= 15 is 0 Å². The summed E-state index contributed by atoms with van der Waals surface area (Å²) in [7, 11) is 0. The summed E-state index contributed by atoms with van der Waals surface area (Å²) in [4.78, 5) is 27.6. The molecule has 1 aromatic rings. The molecule has 4 nitrogen and oxygen atoms in total. The van der Waals surface area contributed by atoms with Gasteiger partial charge in [-0.05, 0) is 43.5 Å². The zero-order chi connectivity index (χ0) is 12.7. The number of anilines is 1. The number of hydrogen-bond donors (Lipinski definition) is 0. The third kappa shape index (κ3) is 1.73. The quantitative estimate of drug-likeness (QED) is 0.749. The molecule has 2 fully saturated rings. The van der Waals surface area contributed by atoms with Gasteiger partial charge in [-0.25, -0.2) is 9.69 Å². The van der Waals surface area contributed by atoms with E-state index in [9.17, 15) is 9.59 Å². The van der Waals surface area contributed by atoms with Crippen molar-refractivity contribution in [2.24, 2.45) is 0 Å². The molecule has 2 aliphatic heterocycles. The van der Waals surface area contributed by atoms with E-state index in [0.29, 0.717) is 12.2 Å². The molecule has 0 N–H and O–H groups in total. The maximum absolute atomic E-state index is 12.3. The summed E-state index contributed by atoms with van der Waals surface area (Å²) in [5, 5.41) is 0.